The van der Waals surface area contributed by atoms with E-state index in [0.29, 0.717) is 10.8 Å². The van der Waals surface area contributed by atoms with Crippen LogP contribution in [0.1, 0.15) is 10.5 Å². The minimum absolute atomic E-state index is 0.107. The molecule has 0 atom stereocenters. The highest BCUT2D eigenvalue weighted by Crippen LogP contribution is 2.17. The molecule has 0 aliphatic heterocycles. The number of amides is 1. The number of hydrogen-bond acceptors (Lipinski definition) is 4. The van der Waals surface area contributed by atoms with Crippen LogP contribution in [0.2, 0.25) is 5.02 Å². The van der Waals surface area contributed by atoms with Crippen LogP contribution in [-0.2, 0) is 6.73 Å². The lowest BCUT2D eigenvalue weighted by molar-refractivity contribution is 0.0937. The predicted octanol–water partition coefficient (Wildman–Crippen LogP) is 1.30. The number of aliphatic hydroxyl groups is 1. The van der Waals surface area contributed by atoms with Crippen molar-refractivity contribution in [3.63, 3.8) is 0 Å². The van der Waals surface area contributed by atoms with E-state index in [-0.39, 0.29) is 31.5 Å². The highest BCUT2D eigenvalue weighted by atomic mass is 35.5. The molecule has 0 spiro atoms. The fourth-order valence-electron chi connectivity index (χ4n) is 1.51. The van der Waals surface area contributed by atoms with Crippen molar-refractivity contribution in [3.05, 3.63) is 47.2 Å². The number of aliphatic hydroxyl groups excluding tert-OH is 1. The largest absolute Gasteiger partial charge is 0.471 e. The summed E-state index contributed by atoms with van der Waals surface area (Å²) in [7, 11) is 0. The van der Waals surface area contributed by atoms with E-state index in [0.717, 1.165) is 0 Å². The number of carbonyl (C=O) groups is 1. The van der Waals surface area contributed by atoms with E-state index in [4.69, 9.17) is 21.4 Å². The fraction of sp³-hybridized carbons (Fsp3) is 0.231. The van der Waals surface area contributed by atoms with Crippen LogP contribution in [0, 0.1) is 0 Å². The van der Waals surface area contributed by atoms with Gasteiger partial charge in [-0.2, -0.15) is 5.10 Å². The third-order valence-electron chi connectivity index (χ3n) is 2.43. The molecule has 0 saturated carbocycles. The number of nitrogens with zero attached hydrogens (tertiary/aromatic N) is 2. The van der Waals surface area contributed by atoms with Crippen molar-refractivity contribution in [1.82, 2.24) is 15.1 Å². The van der Waals surface area contributed by atoms with Gasteiger partial charge < -0.3 is 15.2 Å². The van der Waals surface area contributed by atoms with Crippen molar-refractivity contribution in [2.24, 2.45) is 0 Å². The molecule has 2 aromatic rings. The number of halogens is 1. The molecule has 20 heavy (non-hydrogen) atoms. The summed E-state index contributed by atoms with van der Waals surface area (Å²) < 4.78 is 6.99. The third-order valence-corrected chi connectivity index (χ3v) is 2.67. The molecular weight excluding hydrogens is 282 g/mol. The number of rotatable bonds is 6. The number of carbonyl (C=O) groups excluding carboxylic acids is 1. The molecule has 0 radical (unpaired) electrons. The second-order valence-electron chi connectivity index (χ2n) is 3.95. The standard InChI is InChI=1S/C13H14ClN3O3/c14-10-2-1-3-11(8-10)20-9-17-6-4-12(16-17)13(19)15-5-7-18/h1-4,6,8,18H,5,7,9H2,(H,15,19). The Kier molecular flexibility index (Phi) is 4.97. The second-order valence-corrected chi connectivity index (χ2v) is 4.39. The summed E-state index contributed by atoms with van der Waals surface area (Å²) in [5, 5.41) is 15.8. The van der Waals surface area contributed by atoms with Crippen LogP contribution in [0.3, 0.4) is 0 Å². The lowest BCUT2D eigenvalue weighted by atomic mass is 10.3. The molecule has 2 N–H and O–H groups in total. The monoisotopic (exact) mass is 295 g/mol. The average molecular weight is 296 g/mol. The fourth-order valence-corrected chi connectivity index (χ4v) is 1.69. The Morgan fingerprint density at radius 2 is 2.30 bits per heavy atom. The quantitative estimate of drug-likeness (QED) is 0.842. The maximum atomic E-state index is 11.6. The second kappa shape index (κ2) is 6.93. The summed E-state index contributed by atoms with van der Waals surface area (Å²) in [6.45, 7) is 0.267. The zero-order valence-corrected chi connectivity index (χ0v) is 11.4. The number of benzene rings is 1. The number of ether oxygens (including phenoxy) is 1. The molecule has 0 aliphatic rings. The summed E-state index contributed by atoms with van der Waals surface area (Å²) >= 11 is 5.85. The molecule has 0 bridgehead atoms. The van der Waals surface area contributed by atoms with Gasteiger partial charge in [0.2, 0.25) is 0 Å². The molecule has 1 heterocycles. The van der Waals surface area contributed by atoms with Crippen LogP contribution >= 0.6 is 11.6 Å². The smallest absolute Gasteiger partial charge is 0.271 e. The molecule has 7 heteroatoms. The Balaban J connectivity index is 1.91. The van der Waals surface area contributed by atoms with Crippen molar-refractivity contribution < 1.29 is 14.6 Å². The number of nitrogens with one attached hydrogen (secondary N) is 1. The minimum Gasteiger partial charge on any atom is -0.471 e. The zero-order chi connectivity index (χ0) is 14.4. The van der Waals surface area contributed by atoms with E-state index in [2.05, 4.69) is 10.4 Å². The van der Waals surface area contributed by atoms with Crippen molar-refractivity contribution in [2.45, 2.75) is 6.73 Å². The molecule has 0 saturated heterocycles. The normalized spacial score (nSPS) is 10.3. The van der Waals surface area contributed by atoms with Gasteiger partial charge >= 0.3 is 0 Å². The molecule has 0 fully saturated rings. The van der Waals surface area contributed by atoms with E-state index in [1.165, 1.54) is 4.68 Å². The average Bonchev–Trinajstić information content (AvgIpc) is 2.91. The Morgan fingerprint density at radius 3 is 3.05 bits per heavy atom. The molecule has 1 amide bonds. The Morgan fingerprint density at radius 1 is 1.45 bits per heavy atom. The van der Waals surface area contributed by atoms with Crippen molar-refractivity contribution in [2.75, 3.05) is 13.2 Å². The first kappa shape index (κ1) is 14.4. The van der Waals surface area contributed by atoms with Gasteiger partial charge in [-0.25, -0.2) is 4.68 Å². The van der Waals surface area contributed by atoms with Gasteiger partial charge in [0, 0.05) is 17.8 Å². The number of aromatic nitrogens is 2. The van der Waals surface area contributed by atoms with Gasteiger partial charge in [-0.15, -0.1) is 0 Å². The molecule has 6 nitrogen and oxygen atoms in total. The molecule has 106 valence electrons. The molecule has 0 aliphatic carbocycles. The van der Waals surface area contributed by atoms with Gasteiger partial charge in [0.1, 0.15) is 11.4 Å². The summed E-state index contributed by atoms with van der Waals surface area (Å²) in [5.41, 5.74) is 0.271. The third kappa shape index (κ3) is 3.97. The Labute approximate surface area is 120 Å². The Hall–Kier alpha value is -2.05. The summed E-state index contributed by atoms with van der Waals surface area (Å²) in [5.74, 6) is 0.292. The predicted molar refractivity (Wildman–Crippen MR) is 73.7 cm³/mol. The van der Waals surface area contributed by atoms with Crippen LogP contribution in [0.25, 0.3) is 0 Å². The first-order chi connectivity index (χ1) is 9.69. The van der Waals surface area contributed by atoms with Gasteiger partial charge in [-0.1, -0.05) is 17.7 Å². The van der Waals surface area contributed by atoms with Crippen LogP contribution in [-0.4, -0.2) is 33.9 Å². The van der Waals surface area contributed by atoms with Crippen molar-refractivity contribution >= 4 is 17.5 Å². The Bertz CT molecular complexity index is 586. The molecule has 0 unspecified atom stereocenters. The maximum absolute atomic E-state index is 11.6. The lowest BCUT2D eigenvalue weighted by Crippen LogP contribution is -2.26. The zero-order valence-electron chi connectivity index (χ0n) is 10.6. The molecule has 1 aromatic carbocycles. The summed E-state index contributed by atoms with van der Waals surface area (Å²) in [6.07, 6.45) is 1.64. The van der Waals surface area contributed by atoms with Crippen LogP contribution in [0.5, 0.6) is 5.75 Å². The van der Waals surface area contributed by atoms with Crippen molar-refractivity contribution in [3.8, 4) is 5.75 Å². The molecular formula is C13H14ClN3O3. The van der Waals surface area contributed by atoms with Crippen LogP contribution < -0.4 is 10.1 Å². The van der Waals surface area contributed by atoms with Gasteiger partial charge in [-0.3, -0.25) is 4.79 Å². The minimum atomic E-state index is -0.333. The van der Waals surface area contributed by atoms with Gasteiger partial charge in [0.25, 0.3) is 5.91 Å². The van der Waals surface area contributed by atoms with E-state index in [9.17, 15) is 4.79 Å². The number of hydrogen-bond donors (Lipinski definition) is 2. The SMILES string of the molecule is O=C(NCCO)c1ccn(COc2cccc(Cl)c2)n1. The van der Waals surface area contributed by atoms with Crippen molar-refractivity contribution in [1.29, 1.82) is 0 Å². The van der Waals surface area contributed by atoms with E-state index in [1.807, 2.05) is 0 Å². The first-order valence-corrected chi connectivity index (χ1v) is 6.38. The van der Waals surface area contributed by atoms with E-state index in [1.54, 1.807) is 36.5 Å². The first-order valence-electron chi connectivity index (χ1n) is 6.00. The highest BCUT2D eigenvalue weighted by molar-refractivity contribution is 6.30. The van der Waals surface area contributed by atoms with E-state index >= 15 is 0 Å². The van der Waals surface area contributed by atoms with Gasteiger partial charge in [-0.05, 0) is 24.3 Å². The van der Waals surface area contributed by atoms with Gasteiger partial charge in [0.05, 0.1) is 6.61 Å². The van der Waals surface area contributed by atoms with Crippen LogP contribution in [0.15, 0.2) is 36.5 Å². The summed E-state index contributed by atoms with van der Waals surface area (Å²) in [6, 6.07) is 8.60. The van der Waals surface area contributed by atoms with E-state index < -0.39 is 0 Å². The maximum Gasteiger partial charge on any atom is 0.271 e. The molecule has 1 aromatic heterocycles. The highest BCUT2D eigenvalue weighted by Gasteiger charge is 2.08. The molecule has 2 rings (SSSR count). The van der Waals surface area contributed by atoms with Crippen LogP contribution in [0.4, 0.5) is 0 Å². The topological polar surface area (TPSA) is 76.4 Å². The summed E-state index contributed by atoms with van der Waals surface area (Å²) in [4.78, 5) is 11.6. The lowest BCUT2D eigenvalue weighted by Gasteiger charge is -2.06. The van der Waals surface area contributed by atoms with Gasteiger partial charge in [0.15, 0.2) is 6.73 Å².